The van der Waals surface area contributed by atoms with Crippen LogP contribution >= 0.6 is 0 Å². The number of methoxy groups -OCH3 is 1. The molecule has 0 saturated carbocycles. The van der Waals surface area contributed by atoms with E-state index in [-0.39, 0.29) is 22.9 Å². The van der Waals surface area contributed by atoms with Gasteiger partial charge in [-0.2, -0.15) is 4.72 Å². The first-order valence-corrected chi connectivity index (χ1v) is 8.42. The van der Waals surface area contributed by atoms with Crippen molar-refractivity contribution < 1.29 is 22.9 Å². The number of ether oxygens (including phenoxy) is 1. The number of sulfonamides is 1. The number of hydrogen-bond donors (Lipinski definition) is 1. The zero-order valence-electron chi connectivity index (χ0n) is 13.4. The van der Waals surface area contributed by atoms with Crippen LogP contribution < -0.4 is 4.72 Å². The number of nitro groups is 1. The van der Waals surface area contributed by atoms with Crippen molar-refractivity contribution in [3.63, 3.8) is 0 Å². The zero-order valence-corrected chi connectivity index (χ0v) is 14.2. The molecule has 0 aromatic heterocycles. The molecule has 23 heavy (non-hydrogen) atoms. The molecule has 1 atom stereocenters. The van der Waals surface area contributed by atoms with Crippen LogP contribution in [0.25, 0.3) is 0 Å². The van der Waals surface area contributed by atoms with Gasteiger partial charge < -0.3 is 4.74 Å². The summed E-state index contributed by atoms with van der Waals surface area (Å²) < 4.78 is 31.6. The molecule has 0 saturated heterocycles. The van der Waals surface area contributed by atoms with E-state index in [1.165, 1.54) is 26.2 Å². The van der Waals surface area contributed by atoms with E-state index in [9.17, 15) is 23.3 Å². The second-order valence-electron chi connectivity index (χ2n) is 5.53. The second kappa shape index (κ2) is 7.51. The summed E-state index contributed by atoms with van der Waals surface area (Å²) in [5.74, 6) is -0.655. The molecule has 1 aromatic carbocycles. The molecule has 0 fully saturated rings. The summed E-state index contributed by atoms with van der Waals surface area (Å²) in [6, 6.07) is 2.53. The summed E-state index contributed by atoms with van der Waals surface area (Å²) in [7, 11) is -2.92. The third-order valence-corrected chi connectivity index (χ3v) is 4.65. The Balaban J connectivity index is 3.17. The number of rotatable bonds is 7. The molecule has 0 amide bonds. The zero-order chi connectivity index (χ0) is 17.8. The third kappa shape index (κ3) is 5.00. The highest BCUT2D eigenvalue weighted by Crippen LogP contribution is 2.22. The number of nitrogens with one attached hydrogen (secondary N) is 1. The normalized spacial score (nSPS) is 12.9. The molecule has 0 spiro atoms. The largest absolute Gasteiger partial charge is 0.468 e. The maximum Gasteiger partial charge on any atom is 0.323 e. The first-order valence-electron chi connectivity index (χ1n) is 6.93. The fourth-order valence-corrected chi connectivity index (χ4v) is 3.23. The molecule has 1 rings (SSSR count). The van der Waals surface area contributed by atoms with E-state index >= 15 is 0 Å². The lowest BCUT2D eigenvalue weighted by Crippen LogP contribution is -2.42. The van der Waals surface area contributed by atoms with Crippen LogP contribution in [0.1, 0.15) is 25.8 Å². The van der Waals surface area contributed by atoms with E-state index in [0.717, 1.165) is 6.07 Å². The summed E-state index contributed by atoms with van der Waals surface area (Å²) >= 11 is 0. The van der Waals surface area contributed by atoms with Crippen molar-refractivity contribution in [1.82, 2.24) is 4.72 Å². The Kier molecular flexibility index (Phi) is 6.22. The maximum absolute atomic E-state index is 12.4. The van der Waals surface area contributed by atoms with Crippen molar-refractivity contribution in [2.45, 2.75) is 38.1 Å². The van der Waals surface area contributed by atoms with Gasteiger partial charge in [-0.05, 0) is 25.3 Å². The topological polar surface area (TPSA) is 116 Å². The third-order valence-electron chi connectivity index (χ3n) is 3.18. The molecular weight excluding hydrogens is 324 g/mol. The van der Waals surface area contributed by atoms with Crippen LogP contribution in [0.5, 0.6) is 0 Å². The van der Waals surface area contributed by atoms with Crippen molar-refractivity contribution in [2.75, 3.05) is 7.11 Å². The minimum absolute atomic E-state index is 0.0501. The number of aryl methyl sites for hydroxylation is 1. The fourth-order valence-electron chi connectivity index (χ4n) is 2.01. The van der Waals surface area contributed by atoms with Gasteiger partial charge in [-0.15, -0.1) is 0 Å². The summed E-state index contributed by atoms with van der Waals surface area (Å²) in [5, 5.41) is 10.9. The molecule has 0 heterocycles. The molecule has 0 unspecified atom stereocenters. The predicted molar refractivity (Wildman–Crippen MR) is 83.4 cm³/mol. The molecule has 8 nitrogen and oxygen atoms in total. The van der Waals surface area contributed by atoms with Gasteiger partial charge in [0.2, 0.25) is 10.0 Å². The summed E-state index contributed by atoms with van der Waals surface area (Å²) in [6.45, 7) is 5.18. The van der Waals surface area contributed by atoms with Gasteiger partial charge in [0.05, 0.1) is 16.9 Å². The molecular formula is C14H20N2O6S. The second-order valence-corrected chi connectivity index (χ2v) is 7.25. The number of hydrogen-bond acceptors (Lipinski definition) is 6. The molecule has 0 aliphatic rings. The van der Waals surface area contributed by atoms with Crippen LogP contribution in [-0.2, 0) is 19.6 Å². The average molecular weight is 344 g/mol. The van der Waals surface area contributed by atoms with Crippen molar-refractivity contribution >= 4 is 21.7 Å². The smallest absolute Gasteiger partial charge is 0.323 e. The molecule has 0 aliphatic carbocycles. The molecule has 0 bridgehead atoms. The first kappa shape index (κ1) is 19.0. The van der Waals surface area contributed by atoms with Crippen molar-refractivity contribution in [1.29, 1.82) is 0 Å². The van der Waals surface area contributed by atoms with Crippen LogP contribution in [0.4, 0.5) is 5.69 Å². The lowest BCUT2D eigenvalue weighted by Gasteiger charge is -2.18. The lowest BCUT2D eigenvalue weighted by molar-refractivity contribution is -0.385. The maximum atomic E-state index is 12.4. The van der Waals surface area contributed by atoms with Crippen LogP contribution in [0, 0.1) is 23.0 Å². The van der Waals surface area contributed by atoms with Gasteiger partial charge >= 0.3 is 5.97 Å². The Labute approximate surface area is 135 Å². The van der Waals surface area contributed by atoms with Gasteiger partial charge in [-0.25, -0.2) is 8.42 Å². The Morgan fingerprint density at radius 3 is 2.48 bits per heavy atom. The predicted octanol–water partition coefficient (Wildman–Crippen LogP) is 1.77. The van der Waals surface area contributed by atoms with Gasteiger partial charge in [0.25, 0.3) is 5.69 Å². The molecule has 1 aromatic rings. The summed E-state index contributed by atoms with van der Waals surface area (Å²) in [6.07, 6.45) is 0.250. The van der Waals surface area contributed by atoms with Gasteiger partial charge in [0.15, 0.2) is 0 Å². The van der Waals surface area contributed by atoms with Crippen molar-refractivity contribution in [3.8, 4) is 0 Å². The van der Waals surface area contributed by atoms with E-state index in [1.807, 2.05) is 13.8 Å². The van der Waals surface area contributed by atoms with Crippen LogP contribution in [0.2, 0.25) is 0 Å². The van der Waals surface area contributed by atoms with Gasteiger partial charge in [-0.3, -0.25) is 14.9 Å². The SMILES string of the molecule is COC(=O)[C@@H](CC(C)C)NS(=O)(=O)c1ccc(C)c([N+](=O)[O-])c1. The standard InChI is InChI=1S/C14H20N2O6S/c1-9(2)7-12(14(17)22-4)15-23(20,21)11-6-5-10(3)13(8-11)16(18)19/h5-6,8-9,12,15H,7H2,1-4H3/t12-/m1/s1. The number of carbonyl (C=O) groups is 1. The molecule has 9 heteroatoms. The van der Waals surface area contributed by atoms with E-state index in [0.29, 0.717) is 5.56 Å². The van der Waals surface area contributed by atoms with E-state index < -0.39 is 27.0 Å². The monoisotopic (exact) mass is 344 g/mol. The van der Waals surface area contributed by atoms with E-state index in [4.69, 9.17) is 0 Å². The van der Waals surface area contributed by atoms with Crippen molar-refractivity contribution in [3.05, 3.63) is 33.9 Å². The average Bonchev–Trinajstić information content (AvgIpc) is 2.44. The number of carbonyl (C=O) groups excluding carboxylic acids is 1. The van der Waals surface area contributed by atoms with Crippen LogP contribution in [-0.4, -0.2) is 32.5 Å². The number of nitro benzene ring substituents is 1. The minimum Gasteiger partial charge on any atom is -0.468 e. The first-order chi connectivity index (χ1) is 10.6. The number of esters is 1. The highest BCUT2D eigenvalue weighted by Gasteiger charge is 2.28. The van der Waals surface area contributed by atoms with Gasteiger partial charge in [0.1, 0.15) is 6.04 Å². The number of benzene rings is 1. The highest BCUT2D eigenvalue weighted by molar-refractivity contribution is 7.89. The quantitative estimate of drug-likeness (QED) is 0.458. The molecule has 128 valence electrons. The molecule has 0 radical (unpaired) electrons. The van der Waals surface area contributed by atoms with Crippen molar-refractivity contribution in [2.24, 2.45) is 5.92 Å². The Morgan fingerprint density at radius 1 is 1.39 bits per heavy atom. The highest BCUT2D eigenvalue weighted by atomic mass is 32.2. The molecule has 1 N–H and O–H groups in total. The lowest BCUT2D eigenvalue weighted by atomic mass is 10.1. The Bertz CT molecular complexity index is 699. The fraction of sp³-hybridized carbons (Fsp3) is 0.500. The summed E-state index contributed by atoms with van der Waals surface area (Å²) in [5.41, 5.74) is 0.0481. The van der Waals surface area contributed by atoms with Gasteiger partial charge in [-0.1, -0.05) is 19.9 Å². The van der Waals surface area contributed by atoms with E-state index in [2.05, 4.69) is 9.46 Å². The van der Waals surface area contributed by atoms with Gasteiger partial charge in [0, 0.05) is 11.6 Å². The van der Waals surface area contributed by atoms with Crippen LogP contribution in [0.3, 0.4) is 0 Å². The number of nitrogens with zero attached hydrogens (tertiary/aromatic N) is 1. The summed E-state index contributed by atoms with van der Waals surface area (Å²) in [4.78, 5) is 21.7. The van der Waals surface area contributed by atoms with E-state index in [1.54, 1.807) is 0 Å². The van der Waals surface area contributed by atoms with Crippen LogP contribution in [0.15, 0.2) is 23.1 Å². The Morgan fingerprint density at radius 2 is 2.00 bits per heavy atom. The minimum atomic E-state index is -4.09. The Hall–Kier alpha value is -2.00. The molecule has 0 aliphatic heterocycles.